The van der Waals surface area contributed by atoms with Crippen LogP contribution in [0, 0.1) is 0 Å². The number of amides is 1. The van der Waals surface area contributed by atoms with Crippen molar-refractivity contribution in [3.63, 3.8) is 0 Å². The normalized spacial score (nSPS) is 15.4. The summed E-state index contributed by atoms with van der Waals surface area (Å²) >= 11 is 0. The van der Waals surface area contributed by atoms with E-state index in [1.54, 1.807) is 7.11 Å². The maximum absolute atomic E-state index is 11.8. The first-order valence-electron chi connectivity index (χ1n) is 6.73. The summed E-state index contributed by atoms with van der Waals surface area (Å²) in [7, 11) is 3.70. The number of carbonyl (C=O) groups is 1. The van der Waals surface area contributed by atoms with Gasteiger partial charge in [0.1, 0.15) is 5.75 Å². The Kier molecular flexibility index (Phi) is 5.01. The molecule has 5 heteroatoms. The molecule has 1 amide bonds. The molecule has 0 fully saturated rings. The maximum Gasteiger partial charge on any atom is 0.242 e. The number of hydrogen-bond acceptors (Lipinski definition) is 4. The second-order valence-electron chi connectivity index (χ2n) is 4.94. The average molecular weight is 275 g/mol. The van der Waals surface area contributed by atoms with Gasteiger partial charge in [0.2, 0.25) is 5.91 Å². The fraction of sp³-hybridized carbons (Fsp3) is 0.400. The smallest absolute Gasteiger partial charge is 0.242 e. The minimum Gasteiger partial charge on any atom is -0.497 e. The molecule has 1 aromatic carbocycles. The van der Waals surface area contributed by atoms with E-state index in [0.29, 0.717) is 6.42 Å². The quantitative estimate of drug-likeness (QED) is 0.790. The first kappa shape index (κ1) is 14.4. The second kappa shape index (κ2) is 6.96. The topological polar surface area (TPSA) is 53.6 Å². The van der Waals surface area contributed by atoms with Gasteiger partial charge in [0, 0.05) is 25.2 Å². The van der Waals surface area contributed by atoms with Crippen molar-refractivity contribution in [2.45, 2.75) is 12.8 Å². The number of methoxy groups -OCH3 is 1. The molecule has 1 aromatic rings. The van der Waals surface area contributed by atoms with E-state index < -0.39 is 0 Å². The number of benzene rings is 1. The van der Waals surface area contributed by atoms with Gasteiger partial charge in [-0.3, -0.25) is 10.2 Å². The van der Waals surface area contributed by atoms with Crippen LogP contribution in [0.5, 0.6) is 5.75 Å². The standard InChI is InChI=1S/C15H21N3O2/c1-18-9-7-13(8-10-18)16-17-15(19)11-12-3-5-14(20-2)6-4-12/h3-7,16H,8-11H2,1-2H3,(H,17,19). The van der Waals surface area contributed by atoms with Crippen molar-refractivity contribution in [2.75, 3.05) is 27.2 Å². The molecule has 108 valence electrons. The lowest BCUT2D eigenvalue weighted by Gasteiger charge is -2.22. The van der Waals surface area contributed by atoms with Crippen LogP contribution >= 0.6 is 0 Å². The molecule has 0 spiro atoms. The molecular weight excluding hydrogens is 254 g/mol. The Hall–Kier alpha value is -2.01. The summed E-state index contributed by atoms with van der Waals surface area (Å²) in [6, 6.07) is 7.51. The minimum atomic E-state index is -0.0463. The number of hydrazine groups is 1. The molecule has 0 aliphatic carbocycles. The number of rotatable bonds is 5. The first-order chi connectivity index (χ1) is 9.67. The fourth-order valence-electron chi connectivity index (χ4n) is 2.01. The number of carbonyl (C=O) groups excluding carboxylic acids is 1. The van der Waals surface area contributed by atoms with Crippen molar-refractivity contribution in [3.8, 4) is 5.75 Å². The Morgan fingerprint density at radius 2 is 2.10 bits per heavy atom. The van der Waals surface area contributed by atoms with Gasteiger partial charge in [-0.25, -0.2) is 0 Å². The van der Waals surface area contributed by atoms with E-state index in [4.69, 9.17) is 4.74 Å². The lowest BCUT2D eigenvalue weighted by Crippen LogP contribution is -2.40. The predicted molar refractivity (Wildman–Crippen MR) is 78.2 cm³/mol. The molecule has 0 saturated carbocycles. The Bertz CT molecular complexity index is 482. The number of hydrogen-bond donors (Lipinski definition) is 2. The molecular formula is C15H21N3O2. The van der Waals surface area contributed by atoms with Gasteiger partial charge in [0.05, 0.1) is 13.5 Å². The largest absolute Gasteiger partial charge is 0.497 e. The van der Waals surface area contributed by atoms with Gasteiger partial charge in [-0.05, 0) is 30.8 Å². The summed E-state index contributed by atoms with van der Waals surface area (Å²) < 4.78 is 5.09. The van der Waals surface area contributed by atoms with Crippen LogP contribution in [0.3, 0.4) is 0 Å². The van der Waals surface area contributed by atoms with Crippen LogP contribution in [0.1, 0.15) is 12.0 Å². The molecule has 2 rings (SSSR count). The van der Waals surface area contributed by atoms with Crippen molar-refractivity contribution < 1.29 is 9.53 Å². The number of ether oxygens (including phenoxy) is 1. The van der Waals surface area contributed by atoms with Crippen molar-refractivity contribution in [1.82, 2.24) is 15.8 Å². The molecule has 0 aromatic heterocycles. The van der Waals surface area contributed by atoms with E-state index in [0.717, 1.165) is 36.5 Å². The Labute approximate surface area is 119 Å². The third-order valence-electron chi connectivity index (χ3n) is 3.30. The SMILES string of the molecule is COc1ccc(CC(=O)NNC2=CCN(C)CC2)cc1. The van der Waals surface area contributed by atoms with Gasteiger partial charge in [-0.1, -0.05) is 12.1 Å². The molecule has 0 saturated heterocycles. The summed E-state index contributed by atoms with van der Waals surface area (Å²) in [5.74, 6) is 0.749. The number of likely N-dealkylation sites (N-methyl/N-ethyl adjacent to an activating group) is 1. The Morgan fingerprint density at radius 1 is 1.35 bits per heavy atom. The van der Waals surface area contributed by atoms with E-state index in [2.05, 4.69) is 28.9 Å². The third kappa shape index (κ3) is 4.28. The highest BCUT2D eigenvalue weighted by Gasteiger charge is 2.08. The van der Waals surface area contributed by atoms with Gasteiger partial charge in [0.15, 0.2) is 0 Å². The van der Waals surface area contributed by atoms with Crippen LogP contribution in [-0.4, -0.2) is 38.1 Å². The average Bonchev–Trinajstić information content (AvgIpc) is 2.47. The van der Waals surface area contributed by atoms with Crippen molar-refractivity contribution in [3.05, 3.63) is 41.6 Å². The number of nitrogens with zero attached hydrogens (tertiary/aromatic N) is 1. The van der Waals surface area contributed by atoms with Crippen LogP contribution in [0.4, 0.5) is 0 Å². The van der Waals surface area contributed by atoms with E-state index >= 15 is 0 Å². The van der Waals surface area contributed by atoms with E-state index in [1.165, 1.54) is 0 Å². The molecule has 0 radical (unpaired) electrons. The summed E-state index contributed by atoms with van der Waals surface area (Å²) in [4.78, 5) is 14.1. The molecule has 20 heavy (non-hydrogen) atoms. The van der Waals surface area contributed by atoms with Crippen LogP contribution in [0.25, 0.3) is 0 Å². The molecule has 0 unspecified atom stereocenters. The van der Waals surface area contributed by atoms with Crippen LogP contribution < -0.4 is 15.6 Å². The predicted octanol–water partition coefficient (Wildman–Crippen LogP) is 1.08. The molecule has 1 heterocycles. The molecule has 2 N–H and O–H groups in total. The van der Waals surface area contributed by atoms with Gasteiger partial charge < -0.3 is 15.1 Å². The van der Waals surface area contributed by atoms with E-state index in [1.807, 2.05) is 24.3 Å². The zero-order chi connectivity index (χ0) is 14.4. The Balaban J connectivity index is 1.77. The second-order valence-corrected chi connectivity index (χ2v) is 4.94. The highest BCUT2D eigenvalue weighted by Crippen LogP contribution is 2.11. The van der Waals surface area contributed by atoms with Crippen LogP contribution in [-0.2, 0) is 11.2 Å². The molecule has 0 bridgehead atoms. The third-order valence-corrected chi connectivity index (χ3v) is 3.30. The fourth-order valence-corrected chi connectivity index (χ4v) is 2.01. The lowest BCUT2D eigenvalue weighted by molar-refractivity contribution is -0.121. The molecule has 5 nitrogen and oxygen atoms in total. The minimum absolute atomic E-state index is 0.0463. The van der Waals surface area contributed by atoms with Crippen molar-refractivity contribution in [2.24, 2.45) is 0 Å². The summed E-state index contributed by atoms with van der Waals surface area (Å²) in [5, 5.41) is 0. The Morgan fingerprint density at radius 3 is 2.70 bits per heavy atom. The molecule has 0 atom stereocenters. The van der Waals surface area contributed by atoms with E-state index in [9.17, 15) is 4.79 Å². The first-order valence-corrected chi connectivity index (χ1v) is 6.73. The molecule has 1 aliphatic heterocycles. The summed E-state index contributed by atoms with van der Waals surface area (Å²) in [5.41, 5.74) is 7.77. The zero-order valence-electron chi connectivity index (χ0n) is 12.0. The number of nitrogens with one attached hydrogen (secondary N) is 2. The monoisotopic (exact) mass is 275 g/mol. The van der Waals surface area contributed by atoms with Gasteiger partial charge in [-0.15, -0.1) is 0 Å². The van der Waals surface area contributed by atoms with Crippen LogP contribution in [0.2, 0.25) is 0 Å². The van der Waals surface area contributed by atoms with E-state index in [-0.39, 0.29) is 5.91 Å². The highest BCUT2D eigenvalue weighted by atomic mass is 16.5. The summed E-state index contributed by atoms with van der Waals surface area (Å²) in [6.07, 6.45) is 3.38. The molecule has 1 aliphatic rings. The van der Waals surface area contributed by atoms with Crippen LogP contribution in [0.15, 0.2) is 36.0 Å². The van der Waals surface area contributed by atoms with Gasteiger partial charge in [-0.2, -0.15) is 0 Å². The maximum atomic E-state index is 11.8. The highest BCUT2D eigenvalue weighted by molar-refractivity contribution is 5.78. The van der Waals surface area contributed by atoms with Crippen molar-refractivity contribution in [1.29, 1.82) is 0 Å². The van der Waals surface area contributed by atoms with Gasteiger partial charge >= 0.3 is 0 Å². The lowest BCUT2D eigenvalue weighted by atomic mass is 10.1. The van der Waals surface area contributed by atoms with Crippen molar-refractivity contribution >= 4 is 5.91 Å². The van der Waals surface area contributed by atoms with Gasteiger partial charge in [0.25, 0.3) is 0 Å². The summed E-state index contributed by atoms with van der Waals surface area (Å²) in [6.45, 7) is 1.92. The zero-order valence-corrected chi connectivity index (χ0v) is 12.0.